The summed E-state index contributed by atoms with van der Waals surface area (Å²) in [5.74, 6) is -2.07. The van der Waals surface area contributed by atoms with Gasteiger partial charge in [0.2, 0.25) is 5.91 Å². The van der Waals surface area contributed by atoms with E-state index in [9.17, 15) is 24.3 Å². The number of imide groups is 1. The molecule has 4 rings (SSSR count). The fourth-order valence-electron chi connectivity index (χ4n) is 3.72. The van der Waals surface area contributed by atoms with E-state index in [1.807, 2.05) is 0 Å². The number of aryl methyl sites for hydroxylation is 1. The molecule has 10 nitrogen and oxygen atoms in total. The van der Waals surface area contributed by atoms with Crippen molar-refractivity contribution in [1.29, 1.82) is 0 Å². The average molecular weight is 421 g/mol. The average Bonchev–Trinajstić information content (AvgIpc) is 3.29. The molecule has 0 unspecified atom stereocenters. The maximum atomic E-state index is 12.8. The van der Waals surface area contributed by atoms with Crippen molar-refractivity contribution in [3.63, 3.8) is 0 Å². The highest BCUT2D eigenvalue weighted by molar-refractivity contribution is 6.06. The van der Waals surface area contributed by atoms with Crippen LogP contribution in [0.4, 0.5) is 0 Å². The molecule has 0 saturated carbocycles. The lowest BCUT2D eigenvalue weighted by Crippen LogP contribution is -2.44. The number of rotatable bonds is 5. The van der Waals surface area contributed by atoms with Crippen molar-refractivity contribution < 1.29 is 24.3 Å². The summed E-state index contributed by atoms with van der Waals surface area (Å²) in [6, 6.07) is 4.11. The van der Waals surface area contributed by atoms with E-state index >= 15 is 0 Å². The zero-order valence-electron chi connectivity index (χ0n) is 16.9. The van der Waals surface area contributed by atoms with E-state index in [4.69, 9.17) is 0 Å². The number of ketones is 1. The molecular weight excluding hydrogens is 402 g/mol. The largest absolute Gasteiger partial charge is 0.480 e. The third-order valence-electron chi connectivity index (χ3n) is 5.25. The molecule has 3 aromatic rings. The molecule has 2 amide bonds. The SMILES string of the molecule is CC(=O)c1nn(CC(=O)N2C(=O)CC[C@H]2C(=O)O)c2ccc(-c3cnc(C)nc3)cc12. The number of amides is 2. The van der Waals surface area contributed by atoms with E-state index in [1.165, 1.54) is 11.6 Å². The van der Waals surface area contributed by atoms with Crippen LogP contribution in [0.3, 0.4) is 0 Å². The Bertz CT molecular complexity index is 1230. The van der Waals surface area contributed by atoms with Crippen molar-refractivity contribution in [2.45, 2.75) is 39.3 Å². The van der Waals surface area contributed by atoms with Gasteiger partial charge in [0, 0.05) is 36.7 Å². The quantitative estimate of drug-likeness (QED) is 0.614. The molecule has 1 aromatic carbocycles. The predicted octanol–water partition coefficient (Wildman–Crippen LogP) is 1.61. The summed E-state index contributed by atoms with van der Waals surface area (Å²) >= 11 is 0. The van der Waals surface area contributed by atoms with E-state index in [1.54, 1.807) is 37.5 Å². The number of carboxylic acid groups (broad SMARTS) is 1. The second kappa shape index (κ2) is 7.71. The first kappa shape index (κ1) is 20.3. The monoisotopic (exact) mass is 421 g/mol. The molecule has 10 heteroatoms. The van der Waals surface area contributed by atoms with Crippen LogP contribution < -0.4 is 0 Å². The lowest BCUT2D eigenvalue weighted by atomic mass is 10.0. The fraction of sp³-hybridized carbons (Fsp3) is 0.286. The van der Waals surface area contributed by atoms with E-state index in [0.29, 0.717) is 16.7 Å². The highest BCUT2D eigenvalue weighted by Crippen LogP contribution is 2.27. The number of likely N-dealkylation sites (tertiary alicyclic amines) is 1. The number of hydrogen-bond acceptors (Lipinski definition) is 7. The number of nitrogens with zero attached hydrogens (tertiary/aromatic N) is 5. The van der Waals surface area contributed by atoms with Gasteiger partial charge in [-0.1, -0.05) is 6.07 Å². The maximum absolute atomic E-state index is 12.8. The molecule has 31 heavy (non-hydrogen) atoms. The van der Waals surface area contributed by atoms with Gasteiger partial charge in [-0.25, -0.2) is 14.8 Å². The summed E-state index contributed by atoms with van der Waals surface area (Å²) in [4.78, 5) is 57.5. The number of fused-ring (bicyclic) bond motifs is 1. The van der Waals surface area contributed by atoms with Crippen molar-refractivity contribution in [2.75, 3.05) is 0 Å². The Labute approximate surface area is 176 Å². The molecule has 1 atom stereocenters. The number of carbonyl (C=O) groups excluding carboxylic acids is 3. The van der Waals surface area contributed by atoms with E-state index in [2.05, 4.69) is 15.1 Å². The highest BCUT2D eigenvalue weighted by atomic mass is 16.4. The molecule has 3 heterocycles. The van der Waals surface area contributed by atoms with Crippen LogP contribution in [0.5, 0.6) is 0 Å². The number of benzene rings is 1. The molecular formula is C21H19N5O5. The molecule has 1 fully saturated rings. The van der Waals surface area contributed by atoms with Crippen LogP contribution in [-0.2, 0) is 20.9 Å². The van der Waals surface area contributed by atoms with E-state index in [-0.39, 0.29) is 30.9 Å². The summed E-state index contributed by atoms with van der Waals surface area (Å²) in [5, 5.41) is 14.1. The second-order valence-corrected chi connectivity index (χ2v) is 7.36. The van der Waals surface area contributed by atoms with Gasteiger partial charge in [-0.2, -0.15) is 5.10 Å². The number of aromatic nitrogens is 4. The summed E-state index contributed by atoms with van der Waals surface area (Å²) in [7, 11) is 0. The first-order valence-electron chi connectivity index (χ1n) is 9.64. The minimum absolute atomic E-state index is 0.00321. The van der Waals surface area contributed by atoms with Gasteiger partial charge in [-0.3, -0.25) is 24.0 Å². The van der Waals surface area contributed by atoms with Gasteiger partial charge in [0.1, 0.15) is 24.1 Å². The molecule has 2 aromatic heterocycles. The molecule has 158 valence electrons. The molecule has 0 radical (unpaired) electrons. The van der Waals surface area contributed by atoms with Gasteiger partial charge in [0.25, 0.3) is 5.91 Å². The van der Waals surface area contributed by atoms with Crippen LogP contribution in [0.25, 0.3) is 22.0 Å². The fourth-order valence-corrected chi connectivity index (χ4v) is 3.72. The third-order valence-corrected chi connectivity index (χ3v) is 5.25. The van der Waals surface area contributed by atoms with Crippen LogP contribution in [0, 0.1) is 6.92 Å². The summed E-state index contributed by atoms with van der Waals surface area (Å²) in [6.45, 7) is 2.80. The molecule has 1 N–H and O–H groups in total. The molecule has 1 aliphatic rings. The number of carbonyl (C=O) groups is 4. The Hall–Kier alpha value is -3.95. The van der Waals surface area contributed by atoms with E-state index < -0.39 is 23.8 Å². The van der Waals surface area contributed by atoms with Crippen LogP contribution in [0.2, 0.25) is 0 Å². The summed E-state index contributed by atoms with van der Waals surface area (Å²) in [5.41, 5.74) is 2.24. The normalized spacial score (nSPS) is 16.1. The number of hydrogen-bond donors (Lipinski definition) is 1. The molecule has 0 aliphatic carbocycles. The van der Waals surface area contributed by atoms with Crippen molar-refractivity contribution in [1.82, 2.24) is 24.6 Å². The third kappa shape index (κ3) is 3.67. The summed E-state index contributed by atoms with van der Waals surface area (Å²) < 4.78 is 1.33. The zero-order valence-corrected chi connectivity index (χ0v) is 16.9. The standard InChI is InChI=1S/C21H19N5O5/c1-11(27)20-15-7-13(14-8-22-12(2)23-9-14)3-4-16(15)25(24-20)10-19(29)26-17(21(30)31)5-6-18(26)28/h3-4,7-9,17H,5-6,10H2,1-2H3,(H,30,31)/t17-/m0/s1. The second-order valence-electron chi connectivity index (χ2n) is 7.36. The lowest BCUT2D eigenvalue weighted by Gasteiger charge is -2.19. The molecule has 1 saturated heterocycles. The van der Waals surface area contributed by atoms with Gasteiger partial charge in [0.05, 0.1) is 5.52 Å². The van der Waals surface area contributed by atoms with Crippen LogP contribution in [0.15, 0.2) is 30.6 Å². The smallest absolute Gasteiger partial charge is 0.326 e. The van der Waals surface area contributed by atoms with E-state index in [0.717, 1.165) is 16.0 Å². The topological polar surface area (TPSA) is 135 Å². The highest BCUT2D eigenvalue weighted by Gasteiger charge is 2.40. The molecule has 0 bridgehead atoms. The predicted molar refractivity (Wildman–Crippen MR) is 108 cm³/mol. The van der Waals surface area contributed by atoms with Crippen LogP contribution in [-0.4, -0.2) is 59.4 Å². The minimum Gasteiger partial charge on any atom is -0.480 e. The van der Waals surface area contributed by atoms with Gasteiger partial charge < -0.3 is 5.11 Å². The van der Waals surface area contributed by atoms with Gasteiger partial charge in [-0.05, 0) is 31.0 Å². The van der Waals surface area contributed by atoms with Crippen LogP contribution in [0.1, 0.15) is 36.1 Å². The van der Waals surface area contributed by atoms with Gasteiger partial charge in [-0.15, -0.1) is 0 Å². The van der Waals surface area contributed by atoms with Crippen molar-refractivity contribution in [3.8, 4) is 11.1 Å². The maximum Gasteiger partial charge on any atom is 0.326 e. The van der Waals surface area contributed by atoms with Gasteiger partial charge in [0.15, 0.2) is 5.78 Å². The first-order valence-corrected chi connectivity index (χ1v) is 9.64. The number of carboxylic acids is 1. The number of Topliss-reactive ketones (excluding diaryl/α,β-unsaturated/α-hetero) is 1. The lowest BCUT2D eigenvalue weighted by molar-refractivity contribution is -0.154. The molecule has 0 spiro atoms. The first-order chi connectivity index (χ1) is 14.8. The van der Waals surface area contributed by atoms with Crippen molar-refractivity contribution in [2.24, 2.45) is 0 Å². The Balaban J connectivity index is 1.72. The Morgan fingerprint density at radius 2 is 1.87 bits per heavy atom. The Kier molecular flexibility index (Phi) is 5.05. The number of aliphatic carboxylic acids is 1. The van der Waals surface area contributed by atoms with Crippen LogP contribution >= 0.6 is 0 Å². The minimum atomic E-state index is -1.22. The Morgan fingerprint density at radius 1 is 1.16 bits per heavy atom. The Morgan fingerprint density at radius 3 is 2.52 bits per heavy atom. The zero-order chi connectivity index (χ0) is 22.3. The van der Waals surface area contributed by atoms with Crippen molar-refractivity contribution in [3.05, 3.63) is 42.1 Å². The van der Waals surface area contributed by atoms with Gasteiger partial charge >= 0.3 is 5.97 Å². The molecule has 1 aliphatic heterocycles. The summed E-state index contributed by atoms with van der Waals surface area (Å²) in [6.07, 6.45) is 3.44. The van der Waals surface area contributed by atoms with Crippen molar-refractivity contribution >= 4 is 34.5 Å².